The van der Waals surface area contributed by atoms with Crippen molar-refractivity contribution in [3.8, 4) is 0 Å². The van der Waals surface area contributed by atoms with Crippen LogP contribution in [-0.2, 0) is 21.7 Å². The second-order valence-corrected chi connectivity index (χ2v) is 6.51. The van der Waals surface area contributed by atoms with E-state index in [4.69, 9.17) is 4.74 Å². The second kappa shape index (κ2) is 7.40. The van der Waals surface area contributed by atoms with Crippen LogP contribution in [0.5, 0.6) is 0 Å². The zero-order chi connectivity index (χ0) is 17.0. The average Bonchev–Trinajstić information content (AvgIpc) is 2.97. The van der Waals surface area contributed by atoms with E-state index in [2.05, 4.69) is 48.1 Å². The largest absolute Gasteiger partial charge is 0.370 e. The van der Waals surface area contributed by atoms with Gasteiger partial charge < -0.3 is 15.0 Å². The van der Waals surface area contributed by atoms with Gasteiger partial charge in [0.25, 0.3) is 0 Å². The van der Waals surface area contributed by atoms with Crippen LogP contribution in [0.1, 0.15) is 52.2 Å². The first kappa shape index (κ1) is 17.9. The fourth-order valence-electron chi connectivity index (χ4n) is 2.97. The minimum Gasteiger partial charge on any atom is -0.370 e. The summed E-state index contributed by atoms with van der Waals surface area (Å²) in [5.74, 6) is 1.73. The molecular formula is C16H29N5O2. The van der Waals surface area contributed by atoms with E-state index in [-0.39, 0.29) is 11.8 Å². The first-order valence-electron chi connectivity index (χ1n) is 8.47. The van der Waals surface area contributed by atoms with Gasteiger partial charge in [-0.05, 0) is 20.0 Å². The number of carbonyl (C=O) groups is 1. The number of nitrogens with one attached hydrogen (secondary N) is 1. The highest BCUT2D eigenvalue weighted by atomic mass is 16.5. The van der Waals surface area contributed by atoms with Gasteiger partial charge in [-0.15, -0.1) is 10.2 Å². The summed E-state index contributed by atoms with van der Waals surface area (Å²) in [5, 5.41) is 11.5. The van der Waals surface area contributed by atoms with Gasteiger partial charge in [-0.1, -0.05) is 27.7 Å². The van der Waals surface area contributed by atoms with Crippen LogP contribution in [0.15, 0.2) is 0 Å². The number of hydrogen-bond donors (Lipinski definition) is 1. The molecule has 2 rings (SSSR count). The zero-order valence-corrected chi connectivity index (χ0v) is 14.9. The molecule has 7 nitrogen and oxygen atoms in total. The molecule has 1 atom stereocenters. The summed E-state index contributed by atoms with van der Waals surface area (Å²) < 4.78 is 7.57. The summed E-state index contributed by atoms with van der Waals surface area (Å²) in [6.45, 7) is 14.5. The van der Waals surface area contributed by atoms with Gasteiger partial charge in [0.15, 0.2) is 5.82 Å². The number of hydrogen-bond acceptors (Lipinski definition) is 5. The van der Waals surface area contributed by atoms with Crippen molar-refractivity contribution in [2.45, 2.75) is 52.7 Å². The number of carbonyl (C=O) groups excluding carboxylic acids is 1. The van der Waals surface area contributed by atoms with Crippen LogP contribution < -0.4 is 5.32 Å². The standard InChI is InChI=1S/C16H29N5O2/c1-6-20(7-2)9-8-17-15(22)16(5)11-23-10-13-18-19-14(12(3)4)21(13)16/h12H,6-11H2,1-5H3,(H,17,22). The Balaban J connectivity index is 2.13. The van der Waals surface area contributed by atoms with Crippen LogP contribution in [0.2, 0.25) is 0 Å². The van der Waals surface area contributed by atoms with Crippen molar-refractivity contribution >= 4 is 5.91 Å². The smallest absolute Gasteiger partial charge is 0.248 e. The van der Waals surface area contributed by atoms with Gasteiger partial charge in [0.2, 0.25) is 5.91 Å². The summed E-state index contributed by atoms with van der Waals surface area (Å²) in [6.07, 6.45) is 0. The molecule has 130 valence electrons. The Morgan fingerprint density at radius 2 is 2.09 bits per heavy atom. The van der Waals surface area contributed by atoms with Gasteiger partial charge in [-0.3, -0.25) is 9.36 Å². The SMILES string of the molecule is CCN(CC)CCNC(=O)C1(C)COCc2nnc(C(C)C)n21. The molecule has 1 aromatic rings. The third kappa shape index (κ3) is 3.55. The molecule has 0 aliphatic carbocycles. The number of fused-ring (bicyclic) bond motifs is 1. The number of nitrogens with zero attached hydrogens (tertiary/aromatic N) is 4. The molecule has 7 heteroatoms. The van der Waals surface area contributed by atoms with Crippen molar-refractivity contribution in [1.82, 2.24) is 25.0 Å². The normalized spacial score (nSPS) is 20.8. The lowest BCUT2D eigenvalue weighted by Crippen LogP contribution is -2.54. The number of likely N-dealkylation sites (N-methyl/N-ethyl adjacent to an activating group) is 1. The molecule has 0 aromatic carbocycles. The maximum absolute atomic E-state index is 12.8. The highest BCUT2D eigenvalue weighted by Gasteiger charge is 2.42. The molecule has 2 heterocycles. The molecule has 1 aromatic heterocycles. The molecule has 0 radical (unpaired) electrons. The molecule has 1 aliphatic rings. The van der Waals surface area contributed by atoms with E-state index in [1.165, 1.54) is 0 Å². The third-order valence-electron chi connectivity index (χ3n) is 4.48. The van der Waals surface area contributed by atoms with Crippen molar-refractivity contribution in [3.05, 3.63) is 11.6 Å². The molecule has 1 amide bonds. The summed E-state index contributed by atoms with van der Waals surface area (Å²) in [7, 11) is 0. The van der Waals surface area contributed by atoms with Gasteiger partial charge in [-0.2, -0.15) is 0 Å². The van der Waals surface area contributed by atoms with E-state index in [0.717, 1.165) is 31.3 Å². The first-order chi connectivity index (χ1) is 10.9. The molecule has 0 saturated heterocycles. The summed E-state index contributed by atoms with van der Waals surface area (Å²) in [5.41, 5.74) is -0.792. The predicted octanol–water partition coefficient (Wildman–Crippen LogP) is 1.10. The molecule has 1 unspecified atom stereocenters. The number of amides is 1. The topological polar surface area (TPSA) is 72.3 Å². The monoisotopic (exact) mass is 323 g/mol. The molecular weight excluding hydrogens is 294 g/mol. The molecule has 23 heavy (non-hydrogen) atoms. The zero-order valence-electron chi connectivity index (χ0n) is 14.9. The molecule has 0 fully saturated rings. The summed E-state index contributed by atoms with van der Waals surface area (Å²) in [6, 6.07) is 0. The highest BCUT2D eigenvalue weighted by molar-refractivity contribution is 5.84. The van der Waals surface area contributed by atoms with Crippen LogP contribution in [0.3, 0.4) is 0 Å². The van der Waals surface area contributed by atoms with E-state index in [1.54, 1.807) is 0 Å². The van der Waals surface area contributed by atoms with Crippen LogP contribution in [0, 0.1) is 0 Å². The van der Waals surface area contributed by atoms with E-state index < -0.39 is 5.54 Å². The molecule has 0 bridgehead atoms. The van der Waals surface area contributed by atoms with Gasteiger partial charge in [0.05, 0.1) is 6.61 Å². The van der Waals surface area contributed by atoms with Crippen LogP contribution >= 0.6 is 0 Å². The molecule has 1 aliphatic heterocycles. The number of rotatable bonds is 7. The van der Waals surface area contributed by atoms with E-state index in [0.29, 0.717) is 19.8 Å². The van der Waals surface area contributed by atoms with E-state index in [1.807, 2.05) is 11.5 Å². The number of ether oxygens (including phenoxy) is 1. The number of aromatic nitrogens is 3. The van der Waals surface area contributed by atoms with Gasteiger partial charge in [-0.25, -0.2) is 0 Å². The first-order valence-corrected chi connectivity index (χ1v) is 8.47. The van der Waals surface area contributed by atoms with Crippen molar-refractivity contribution in [1.29, 1.82) is 0 Å². The lowest BCUT2D eigenvalue weighted by atomic mass is 9.99. The van der Waals surface area contributed by atoms with Gasteiger partial charge in [0.1, 0.15) is 18.0 Å². The van der Waals surface area contributed by atoms with Crippen LogP contribution in [0.25, 0.3) is 0 Å². The van der Waals surface area contributed by atoms with Crippen molar-refractivity contribution in [2.75, 3.05) is 32.8 Å². The van der Waals surface area contributed by atoms with Gasteiger partial charge >= 0.3 is 0 Å². The van der Waals surface area contributed by atoms with Crippen molar-refractivity contribution in [2.24, 2.45) is 0 Å². The maximum Gasteiger partial charge on any atom is 0.248 e. The average molecular weight is 323 g/mol. The predicted molar refractivity (Wildman–Crippen MR) is 88.2 cm³/mol. The fraction of sp³-hybridized carbons (Fsp3) is 0.812. The third-order valence-corrected chi connectivity index (χ3v) is 4.48. The quantitative estimate of drug-likeness (QED) is 0.814. The van der Waals surface area contributed by atoms with Crippen LogP contribution in [0.4, 0.5) is 0 Å². The molecule has 0 saturated carbocycles. The minimum absolute atomic E-state index is 0.0349. The Kier molecular flexibility index (Phi) is 5.75. The van der Waals surface area contributed by atoms with E-state index in [9.17, 15) is 4.79 Å². The van der Waals surface area contributed by atoms with E-state index >= 15 is 0 Å². The van der Waals surface area contributed by atoms with Crippen molar-refractivity contribution < 1.29 is 9.53 Å². The summed E-state index contributed by atoms with van der Waals surface area (Å²) in [4.78, 5) is 15.1. The fourth-order valence-corrected chi connectivity index (χ4v) is 2.97. The molecule has 1 N–H and O–H groups in total. The Morgan fingerprint density at radius 1 is 1.39 bits per heavy atom. The lowest BCUT2D eigenvalue weighted by molar-refractivity contribution is -0.135. The second-order valence-electron chi connectivity index (χ2n) is 6.51. The van der Waals surface area contributed by atoms with Gasteiger partial charge in [0, 0.05) is 19.0 Å². The Bertz CT molecular complexity index is 539. The Hall–Kier alpha value is -1.47. The lowest BCUT2D eigenvalue weighted by Gasteiger charge is -2.35. The summed E-state index contributed by atoms with van der Waals surface area (Å²) >= 11 is 0. The van der Waals surface area contributed by atoms with Crippen LogP contribution in [-0.4, -0.2) is 58.4 Å². The molecule has 0 spiro atoms. The van der Waals surface area contributed by atoms with Crippen molar-refractivity contribution in [3.63, 3.8) is 0 Å². The Morgan fingerprint density at radius 3 is 2.70 bits per heavy atom. The maximum atomic E-state index is 12.8. The Labute approximate surface area is 138 Å². The minimum atomic E-state index is -0.792. The highest BCUT2D eigenvalue weighted by Crippen LogP contribution is 2.29.